The number of thioether (sulfide) groups is 1. The number of piperidine rings is 1. The summed E-state index contributed by atoms with van der Waals surface area (Å²) in [5.74, 6) is 3.95. The van der Waals surface area contributed by atoms with Gasteiger partial charge in [0.25, 0.3) is 0 Å². The van der Waals surface area contributed by atoms with Gasteiger partial charge in [0, 0.05) is 18.8 Å². The van der Waals surface area contributed by atoms with Crippen molar-refractivity contribution in [2.24, 2.45) is 11.8 Å². The van der Waals surface area contributed by atoms with Gasteiger partial charge in [-0.1, -0.05) is 48.1 Å². The topological polar surface area (TPSA) is 47.1 Å². The molecule has 7 heteroatoms. The lowest BCUT2D eigenvalue weighted by Crippen LogP contribution is -2.40. The molecule has 0 radical (unpaired) electrons. The molecule has 24 heavy (non-hydrogen) atoms. The van der Waals surface area contributed by atoms with Crippen molar-refractivity contribution in [1.29, 1.82) is 0 Å². The molecule has 0 aromatic carbocycles. The van der Waals surface area contributed by atoms with E-state index in [0.29, 0.717) is 18.4 Å². The van der Waals surface area contributed by atoms with Crippen molar-refractivity contribution in [2.75, 3.05) is 23.7 Å². The molecule has 2 aromatic heterocycles. The Kier molecular flexibility index (Phi) is 5.71. The van der Waals surface area contributed by atoms with E-state index in [0.717, 1.165) is 40.2 Å². The first kappa shape index (κ1) is 17.6. The van der Waals surface area contributed by atoms with Gasteiger partial charge in [-0.15, -0.1) is 10.2 Å². The van der Waals surface area contributed by atoms with Crippen LogP contribution in [0, 0.1) is 11.8 Å². The smallest absolute Gasteiger partial charge is 0.228 e. The van der Waals surface area contributed by atoms with Crippen LogP contribution in [-0.2, 0) is 6.54 Å². The third kappa shape index (κ3) is 4.25. The Morgan fingerprint density at radius 1 is 1.38 bits per heavy atom. The fourth-order valence-electron chi connectivity index (χ4n) is 3.29. The number of rotatable bonds is 6. The highest BCUT2D eigenvalue weighted by atomic mass is 79.9. The highest BCUT2D eigenvalue weighted by molar-refractivity contribution is 9.11. The van der Waals surface area contributed by atoms with Gasteiger partial charge >= 0.3 is 0 Å². The third-order valence-corrected chi connectivity index (χ3v) is 5.81. The number of aromatic nitrogens is 3. The Morgan fingerprint density at radius 3 is 2.75 bits per heavy atom. The van der Waals surface area contributed by atoms with Crippen LogP contribution in [0.5, 0.6) is 0 Å². The number of hydrogen-bond donors (Lipinski definition) is 0. The zero-order valence-corrected chi connectivity index (χ0v) is 16.5. The van der Waals surface area contributed by atoms with Crippen molar-refractivity contribution in [3.8, 4) is 0 Å². The highest BCUT2D eigenvalue weighted by Crippen LogP contribution is 2.29. The summed E-state index contributed by atoms with van der Waals surface area (Å²) in [5, 5.41) is 9.82. The average Bonchev–Trinajstić information content (AvgIpc) is 3.14. The minimum atomic E-state index is 0.645. The molecule has 0 spiro atoms. The first-order valence-electron chi connectivity index (χ1n) is 8.19. The number of hydrogen-bond acceptors (Lipinski definition) is 5. The molecule has 1 saturated heterocycles. The highest BCUT2D eigenvalue weighted by Gasteiger charge is 2.27. The second-order valence-electron chi connectivity index (χ2n) is 6.61. The fourth-order valence-corrected chi connectivity index (χ4v) is 4.32. The van der Waals surface area contributed by atoms with Gasteiger partial charge in [-0.05, 0) is 34.9 Å². The molecule has 0 saturated carbocycles. The lowest BCUT2D eigenvalue weighted by Gasteiger charge is -2.35. The molecule has 1 aliphatic rings. The molecule has 0 amide bonds. The number of furan rings is 1. The Bertz CT molecular complexity index is 675. The Hall–Kier alpha value is -1.21. The van der Waals surface area contributed by atoms with Gasteiger partial charge in [-0.2, -0.15) is 0 Å². The molecule has 0 bridgehead atoms. The first-order chi connectivity index (χ1) is 11.5. The van der Waals surface area contributed by atoms with Crippen LogP contribution in [-0.4, -0.2) is 33.6 Å². The molecular formula is C17H23BrN4OS. The Labute approximate surface area is 155 Å². The van der Waals surface area contributed by atoms with E-state index < -0.39 is 0 Å². The molecule has 2 unspecified atom stereocenters. The molecule has 2 atom stereocenters. The van der Waals surface area contributed by atoms with Gasteiger partial charge in [0.1, 0.15) is 5.76 Å². The monoisotopic (exact) mass is 410 g/mol. The largest absolute Gasteiger partial charge is 0.467 e. The lowest BCUT2D eigenvalue weighted by molar-refractivity contribution is 0.350. The van der Waals surface area contributed by atoms with E-state index in [1.54, 1.807) is 18.0 Å². The van der Waals surface area contributed by atoms with E-state index in [2.05, 4.69) is 56.0 Å². The van der Waals surface area contributed by atoms with Crippen molar-refractivity contribution < 1.29 is 4.42 Å². The molecule has 0 aliphatic carbocycles. The summed E-state index contributed by atoms with van der Waals surface area (Å²) in [5.41, 5.74) is 0. The normalized spacial score (nSPS) is 21.2. The molecular weight excluding hydrogens is 388 g/mol. The second-order valence-corrected chi connectivity index (χ2v) is 8.67. The van der Waals surface area contributed by atoms with Crippen LogP contribution in [0.4, 0.5) is 5.95 Å². The van der Waals surface area contributed by atoms with Gasteiger partial charge in [0.15, 0.2) is 5.16 Å². The summed E-state index contributed by atoms with van der Waals surface area (Å²) in [4.78, 5) is 2.36. The maximum absolute atomic E-state index is 5.54. The minimum Gasteiger partial charge on any atom is -0.467 e. The SMILES string of the molecule is C=C(Br)CSc1nnc(N2CC(C)CC(C)C2)n1Cc1ccco1. The predicted molar refractivity (Wildman–Crippen MR) is 102 cm³/mol. The maximum atomic E-state index is 5.54. The van der Waals surface area contributed by atoms with Gasteiger partial charge in [0.05, 0.1) is 12.8 Å². The zero-order valence-electron chi connectivity index (χ0n) is 14.1. The van der Waals surface area contributed by atoms with E-state index in [1.165, 1.54) is 6.42 Å². The van der Waals surface area contributed by atoms with Gasteiger partial charge in [-0.25, -0.2) is 0 Å². The summed E-state index contributed by atoms with van der Waals surface area (Å²) in [6.45, 7) is 11.2. The van der Waals surface area contributed by atoms with E-state index >= 15 is 0 Å². The maximum Gasteiger partial charge on any atom is 0.228 e. The van der Waals surface area contributed by atoms with Gasteiger partial charge in [0.2, 0.25) is 5.95 Å². The van der Waals surface area contributed by atoms with Crippen LogP contribution >= 0.6 is 27.7 Å². The minimum absolute atomic E-state index is 0.645. The molecule has 5 nitrogen and oxygen atoms in total. The van der Waals surface area contributed by atoms with Crippen LogP contribution in [0.25, 0.3) is 0 Å². The summed E-state index contributed by atoms with van der Waals surface area (Å²) in [6.07, 6.45) is 2.98. The summed E-state index contributed by atoms with van der Waals surface area (Å²) in [6, 6.07) is 3.90. The molecule has 1 fully saturated rings. The van der Waals surface area contributed by atoms with E-state index in [-0.39, 0.29) is 0 Å². The number of nitrogens with zero attached hydrogens (tertiary/aromatic N) is 4. The quantitative estimate of drug-likeness (QED) is 0.660. The number of halogens is 1. The number of anilines is 1. The standard InChI is InChI=1S/C17H23BrN4OS/c1-12-7-13(2)9-21(8-12)16-19-20-17(24-11-14(3)18)22(16)10-15-5-4-6-23-15/h4-6,12-13H,3,7-11H2,1-2H3. The van der Waals surface area contributed by atoms with Crippen molar-refractivity contribution in [3.63, 3.8) is 0 Å². The molecule has 0 N–H and O–H groups in total. The zero-order chi connectivity index (χ0) is 17.1. The third-order valence-electron chi connectivity index (χ3n) is 4.10. The molecule has 1 aliphatic heterocycles. The van der Waals surface area contributed by atoms with E-state index in [4.69, 9.17) is 4.42 Å². The van der Waals surface area contributed by atoms with Gasteiger partial charge < -0.3 is 9.32 Å². The van der Waals surface area contributed by atoms with Gasteiger partial charge in [-0.3, -0.25) is 4.57 Å². The lowest BCUT2D eigenvalue weighted by atomic mass is 9.92. The van der Waals surface area contributed by atoms with E-state index in [9.17, 15) is 0 Å². The van der Waals surface area contributed by atoms with Crippen LogP contribution in [0.3, 0.4) is 0 Å². The van der Waals surface area contributed by atoms with E-state index in [1.807, 2.05) is 12.1 Å². The molecule has 3 rings (SSSR count). The molecule has 3 heterocycles. The second kappa shape index (κ2) is 7.78. The summed E-state index contributed by atoms with van der Waals surface area (Å²) >= 11 is 5.05. The fraction of sp³-hybridized carbons (Fsp3) is 0.529. The first-order valence-corrected chi connectivity index (χ1v) is 9.97. The van der Waals surface area contributed by atoms with Crippen molar-refractivity contribution >= 4 is 33.6 Å². The van der Waals surface area contributed by atoms with Crippen LogP contribution < -0.4 is 4.90 Å². The Morgan fingerprint density at radius 2 is 2.12 bits per heavy atom. The molecule has 2 aromatic rings. The van der Waals surface area contributed by atoms with Crippen LogP contribution in [0.2, 0.25) is 0 Å². The summed E-state index contributed by atoms with van der Waals surface area (Å²) < 4.78 is 8.64. The van der Waals surface area contributed by atoms with Crippen molar-refractivity contribution in [2.45, 2.75) is 32.0 Å². The average molecular weight is 411 g/mol. The van der Waals surface area contributed by atoms with Crippen molar-refractivity contribution in [1.82, 2.24) is 14.8 Å². The predicted octanol–water partition coefficient (Wildman–Crippen LogP) is 4.40. The van der Waals surface area contributed by atoms with Crippen LogP contribution in [0.15, 0.2) is 39.0 Å². The summed E-state index contributed by atoms with van der Waals surface area (Å²) in [7, 11) is 0. The van der Waals surface area contributed by atoms with Crippen LogP contribution in [0.1, 0.15) is 26.0 Å². The Balaban J connectivity index is 1.88. The van der Waals surface area contributed by atoms with Crippen molar-refractivity contribution in [3.05, 3.63) is 35.2 Å². The molecule has 130 valence electrons.